The van der Waals surface area contributed by atoms with Gasteiger partial charge in [-0.2, -0.15) is 0 Å². The Bertz CT molecular complexity index is 1480. The van der Waals surface area contributed by atoms with Crippen molar-refractivity contribution in [2.24, 2.45) is 0 Å². The molecule has 0 bridgehead atoms. The monoisotopic (exact) mass is 486 g/mol. The summed E-state index contributed by atoms with van der Waals surface area (Å²) in [5.41, 5.74) is 2.98. The van der Waals surface area contributed by atoms with Crippen LogP contribution < -0.4 is 10.9 Å². The van der Waals surface area contributed by atoms with Gasteiger partial charge in [0.1, 0.15) is 11.1 Å². The molecule has 5 rings (SSSR count). The van der Waals surface area contributed by atoms with Crippen molar-refractivity contribution >= 4 is 43.7 Å². The topological polar surface area (TPSA) is 75.1 Å². The van der Waals surface area contributed by atoms with Crippen LogP contribution in [0.4, 0.5) is 0 Å². The molecule has 0 radical (unpaired) electrons. The molecule has 0 fully saturated rings. The first kappa shape index (κ1) is 20.3. The number of H-pyrrole nitrogens is 1. The van der Waals surface area contributed by atoms with Crippen molar-refractivity contribution < 1.29 is 9.21 Å². The van der Waals surface area contributed by atoms with Crippen molar-refractivity contribution in [2.75, 3.05) is 6.54 Å². The first-order chi connectivity index (χ1) is 15.6. The normalized spacial score (nSPS) is 12.2. The van der Waals surface area contributed by atoms with Crippen molar-refractivity contribution in [2.45, 2.75) is 5.92 Å². The summed E-state index contributed by atoms with van der Waals surface area (Å²) in [4.78, 5) is 28.6. The lowest BCUT2D eigenvalue weighted by atomic mass is 9.91. The summed E-state index contributed by atoms with van der Waals surface area (Å²) in [5, 5.41) is 4.75. The second-order valence-electron chi connectivity index (χ2n) is 7.59. The highest BCUT2D eigenvalue weighted by Crippen LogP contribution is 2.31. The van der Waals surface area contributed by atoms with Crippen LogP contribution in [0.15, 0.2) is 98.7 Å². The molecule has 6 heteroatoms. The van der Waals surface area contributed by atoms with Gasteiger partial charge in [-0.05, 0) is 41.5 Å². The molecule has 2 heterocycles. The number of amides is 1. The Morgan fingerprint density at radius 3 is 2.59 bits per heavy atom. The van der Waals surface area contributed by atoms with Gasteiger partial charge in [0.15, 0.2) is 0 Å². The number of aromatic amines is 1. The second-order valence-corrected chi connectivity index (χ2v) is 8.50. The molecule has 32 heavy (non-hydrogen) atoms. The average molecular weight is 487 g/mol. The van der Waals surface area contributed by atoms with Crippen LogP contribution in [0.1, 0.15) is 27.4 Å². The third kappa shape index (κ3) is 3.85. The highest BCUT2D eigenvalue weighted by Gasteiger charge is 2.21. The maximum Gasteiger partial charge on any atom is 0.349 e. The smallest absolute Gasteiger partial charge is 0.349 e. The van der Waals surface area contributed by atoms with E-state index in [1.807, 2.05) is 60.8 Å². The lowest BCUT2D eigenvalue weighted by Crippen LogP contribution is -2.32. The minimum atomic E-state index is -0.645. The Labute approximate surface area is 192 Å². The number of fused-ring (bicyclic) bond motifs is 2. The van der Waals surface area contributed by atoms with E-state index in [0.29, 0.717) is 17.5 Å². The van der Waals surface area contributed by atoms with Crippen LogP contribution in [-0.2, 0) is 0 Å². The summed E-state index contributed by atoms with van der Waals surface area (Å²) in [6, 6.07) is 24.8. The highest BCUT2D eigenvalue weighted by atomic mass is 79.9. The molecule has 5 aromatic rings. The number of para-hydroxylation sites is 2. The SMILES string of the molecule is O=C(NC[C@H](c1ccc(Br)cc1)c1c[nH]c2ccccc12)c1cc2ccccc2oc1=O. The molecule has 0 aliphatic heterocycles. The summed E-state index contributed by atoms with van der Waals surface area (Å²) in [6.07, 6.45) is 1.98. The molecular weight excluding hydrogens is 468 g/mol. The van der Waals surface area contributed by atoms with Crippen LogP contribution in [0.2, 0.25) is 0 Å². The van der Waals surface area contributed by atoms with Gasteiger partial charge in [-0.25, -0.2) is 4.79 Å². The maximum atomic E-state index is 12.9. The summed E-state index contributed by atoms with van der Waals surface area (Å²) in [5.74, 6) is -0.554. The molecular formula is C26H19BrN2O3. The zero-order valence-corrected chi connectivity index (χ0v) is 18.6. The molecule has 0 unspecified atom stereocenters. The molecule has 0 spiro atoms. The summed E-state index contributed by atoms with van der Waals surface area (Å²) < 4.78 is 6.30. The molecule has 1 atom stereocenters. The number of hydrogen-bond donors (Lipinski definition) is 2. The Hall–Kier alpha value is -3.64. The van der Waals surface area contributed by atoms with Crippen LogP contribution in [0.3, 0.4) is 0 Å². The first-order valence-electron chi connectivity index (χ1n) is 10.2. The van der Waals surface area contributed by atoms with Crippen molar-refractivity contribution in [3.05, 3.63) is 117 Å². The number of nitrogens with one attached hydrogen (secondary N) is 2. The van der Waals surface area contributed by atoms with E-state index in [-0.39, 0.29) is 11.5 Å². The van der Waals surface area contributed by atoms with E-state index in [1.165, 1.54) is 0 Å². The lowest BCUT2D eigenvalue weighted by molar-refractivity contribution is 0.0949. The summed E-state index contributed by atoms with van der Waals surface area (Å²) in [6.45, 7) is 0.328. The first-order valence-corrected chi connectivity index (χ1v) is 11.0. The minimum Gasteiger partial charge on any atom is -0.422 e. The third-order valence-corrected chi connectivity index (χ3v) is 6.15. The molecule has 5 nitrogen and oxygen atoms in total. The van der Waals surface area contributed by atoms with Crippen molar-refractivity contribution in [3.63, 3.8) is 0 Å². The predicted molar refractivity (Wildman–Crippen MR) is 129 cm³/mol. The molecule has 0 aliphatic carbocycles. The molecule has 2 N–H and O–H groups in total. The molecule has 1 amide bonds. The van der Waals surface area contributed by atoms with E-state index in [9.17, 15) is 9.59 Å². The fourth-order valence-electron chi connectivity index (χ4n) is 3.99. The van der Waals surface area contributed by atoms with Crippen LogP contribution in [-0.4, -0.2) is 17.4 Å². The fourth-order valence-corrected chi connectivity index (χ4v) is 4.26. The third-order valence-electron chi connectivity index (χ3n) is 5.62. The van der Waals surface area contributed by atoms with E-state index in [2.05, 4.69) is 32.3 Å². The van der Waals surface area contributed by atoms with E-state index < -0.39 is 11.5 Å². The number of carbonyl (C=O) groups is 1. The standard InChI is InChI=1S/C26H19BrN2O3/c27-18-11-9-16(10-12-18)21(22-15-28-23-7-3-2-6-19(22)23)14-29-25(30)20-13-17-5-1-4-8-24(17)32-26(20)31/h1-13,15,21,28H,14H2,(H,29,30)/t21-/m1/s1. The molecule has 0 saturated heterocycles. The quantitative estimate of drug-likeness (QED) is 0.317. The van der Waals surface area contributed by atoms with Crippen LogP contribution in [0.5, 0.6) is 0 Å². The van der Waals surface area contributed by atoms with Gasteiger partial charge >= 0.3 is 5.63 Å². The fraction of sp³-hybridized carbons (Fsp3) is 0.0769. The largest absolute Gasteiger partial charge is 0.422 e. The van der Waals surface area contributed by atoms with E-state index in [0.717, 1.165) is 26.5 Å². The Morgan fingerprint density at radius 2 is 1.75 bits per heavy atom. The van der Waals surface area contributed by atoms with Crippen molar-refractivity contribution in [1.29, 1.82) is 0 Å². The van der Waals surface area contributed by atoms with Crippen molar-refractivity contribution in [1.82, 2.24) is 10.3 Å². The van der Waals surface area contributed by atoms with Gasteiger partial charge in [0.2, 0.25) is 0 Å². The summed E-state index contributed by atoms with van der Waals surface area (Å²) in [7, 11) is 0. The van der Waals surface area contributed by atoms with Gasteiger partial charge in [-0.3, -0.25) is 4.79 Å². The predicted octanol–water partition coefficient (Wildman–Crippen LogP) is 5.60. The molecule has 3 aromatic carbocycles. The minimum absolute atomic E-state index is 0.00261. The van der Waals surface area contributed by atoms with Crippen LogP contribution in [0.25, 0.3) is 21.9 Å². The number of benzene rings is 3. The highest BCUT2D eigenvalue weighted by molar-refractivity contribution is 9.10. The van der Waals surface area contributed by atoms with Gasteiger partial charge in [-0.1, -0.05) is 64.5 Å². The van der Waals surface area contributed by atoms with Gasteiger partial charge in [0.05, 0.1) is 0 Å². The zero-order valence-electron chi connectivity index (χ0n) is 17.0. The number of aromatic nitrogens is 1. The van der Waals surface area contributed by atoms with Gasteiger partial charge in [0, 0.05) is 39.4 Å². The molecule has 2 aromatic heterocycles. The number of hydrogen-bond acceptors (Lipinski definition) is 3. The zero-order chi connectivity index (χ0) is 22.1. The average Bonchev–Trinajstić information content (AvgIpc) is 3.24. The maximum absolute atomic E-state index is 12.9. The summed E-state index contributed by atoms with van der Waals surface area (Å²) >= 11 is 3.48. The van der Waals surface area contributed by atoms with Gasteiger partial charge in [0.25, 0.3) is 5.91 Å². The van der Waals surface area contributed by atoms with Crippen molar-refractivity contribution in [3.8, 4) is 0 Å². The van der Waals surface area contributed by atoms with E-state index in [1.54, 1.807) is 18.2 Å². The number of rotatable bonds is 5. The molecule has 0 saturated carbocycles. The Kier molecular flexibility index (Phi) is 5.37. The lowest BCUT2D eigenvalue weighted by Gasteiger charge is -2.18. The number of carbonyl (C=O) groups excluding carboxylic acids is 1. The molecule has 0 aliphatic rings. The van der Waals surface area contributed by atoms with E-state index >= 15 is 0 Å². The number of halogens is 1. The Balaban J connectivity index is 1.48. The van der Waals surface area contributed by atoms with Gasteiger partial charge < -0.3 is 14.7 Å². The van der Waals surface area contributed by atoms with E-state index in [4.69, 9.17) is 4.42 Å². The van der Waals surface area contributed by atoms with Crippen LogP contribution in [0, 0.1) is 0 Å². The molecule has 158 valence electrons. The van der Waals surface area contributed by atoms with Crippen LogP contribution >= 0.6 is 15.9 Å². The van der Waals surface area contributed by atoms with Gasteiger partial charge in [-0.15, -0.1) is 0 Å². The Morgan fingerprint density at radius 1 is 1.00 bits per heavy atom. The second kappa shape index (κ2) is 8.48.